The van der Waals surface area contributed by atoms with Crippen LogP contribution in [0.5, 0.6) is 0 Å². The van der Waals surface area contributed by atoms with E-state index in [1.807, 2.05) is 6.92 Å². The maximum atomic E-state index is 9.76. The molecule has 15 heavy (non-hydrogen) atoms. The normalized spacial score (nSPS) is 34.0. The fourth-order valence-corrected chi connectivity index (χ4v) is 2.87. The van der Waals surface area contributed by atoms with Crippen LogP contribution in [0.2, 0.25) is 0 Å². The van der Waals surface area contributed by atoms with Crippen molar-refractivity contribution in [2.45, 2.75) is 57.1 Å². The summed E-state index contributed by atoms with van der Waals surface area (Å²) in [7, 11) is 1.72. The molecule has 0 saturated heterocycles. The van der Waals surface area contributed by atoms with Crippen LogP contribution >= 0.6 is 0 Å². The van der Waals surface area contributed by atoms with Gasteiger partial charge in [-0.15, -0.1) is 0 Å². The lowest BCUT2D eigenvalue weighted by Crippen LogP contribution is -2.53. The number of rotatable bonds is 5. The third-order valence-electron chi connectivity index (χ3n) is 3.72. The predicted molar refractivity (Wildman–Crippen MR) is 61.7 cm³/mol. The fourth-order valence-electron chi connectivity index (χ4n) is 2.87. The molecule has 3 heteroatoms. The van der Waals surface area contributed by atoms with E-state index in [1.165, 1.54) is 12.8 Å². The molecular weight excluding hydrogens is 190 g/mol. The molecule has 0 bridgehead atoms. The van der Waals surface area contributed by atoms with Crippen LogP contribution in [0.1, 0.15) is 45.4 Å². The van der Waals surface area contributed by atoms with Crippen LogP contribution in [0, 0.1) is 5.92 Å². The van der Waals surface area contributed by atoms with E-state index >= 15 is 0 Å². The van der Waals surface area contributed by atoms with Crippen molar-refractivity contribution < 1.29 is 9.84 Å². The van der Waals surface area contributed by atoms with Crippen LogP contribution in [-0.2, 0) is 4.74 Å². The molecule has 3 atom stereocenters. The Kier molecular flexibility index (Phi) is 5.03. The van der Waals surface area contributed by atoms with E-state index in [-0.39, 0.29) is 17.6 Å². The average Bonchev–Trinajstić information content (AvgIpc) is 2.18. The molecule has 0 aliphatic heterocycles. The Balaban J connectivity index is 2.51. The summed E-state index contributed by atoms with van der Waals surface area (Å²) in [5.41, 5.74) is 6.27. The minimum atomic E-state index is -0.280. The van der Waals surface area contributed by atoms with E-state index in [0.29, 0.717) is 0 Å². The van der Waals surface area contributed by atoms with Crippen LogP contribution in [0.3, 0.4) is 0 Å². The lowest BCUT2D eigenvalue weighted by Gasteiger charge is -2.43. The van der Waals surface area contributed by atoms with Gasteiger partial charge in [-0.2, -0.15) is 0 Å². The molecule has 0 aromatic carbocycles. The Morgan fingerprint density at radius 1 is 1.53 bits per heavy atom. The fraction of sp³-hybridized carbons (Fsp3) is 1.00. The van der Waals surface area contributed by atoms with Crippen molar-refractivity contribution in [2.24, 2.45) is 11.7 Å². The minimum Gasteiger partial charge on any atom is -0.393 e. The van der Waals surface area contributed by atoms with Gasteiger partial charge in [0.1, 0.15) is 0 Å². The molecule has 3 N–H and O–H groups in total. The molecule has 1 aliphatic rings. The number of nitrogens with two attached hydrogens (primary N) is 1. The summed E-state index contributed by atoms with van der Waals surface area (Å²) in [6.07, 6.45) is 6.21. The van der Waals surface area contributed by atoms with E-state index in [2.05, 4.69) is 0 Å². The van der Waals surface area contributed by atoms with Crippen molar-refractivity contribution in [1.82, 2.24) is 0 Å². The monoisotopic (exact) mass is 215 g/mol. The highest BCUT2D eigenvalue weighted by Gasteiger charge is 2.38. The van der Waals surface area contributed by atoms with E-state index in [0.717, 1.165) is 32.3 Å². The SMILES string of the molecule is COCCC[C@]1(N)CCCC[C@H]1[C@H](C)O. The van der Waals surface area contributed by atoms with Gasteiger partial charge < -0.3 is 15.6 Å². The standard InChI is InChI=1S/C12H25NO2/c1-10(14)11-6-3-4-7-12(11,13)8-5-9-15-2/h10-11,14H,3-9,13H2,1-2H3/t10-,11-,12+/m0/s1. The van der Waals surface area contributed by atoms with Crippen LogP contribution < -0.4 is 5.73 Å². The second kappa shape index (κ2) is 5.83. The molecule has 0 spiro atoms. The maximum Gasteiger partial charge on any atom is 0.0557 e. The topological polar surface area (TPSA) is 55.5 Å². The zero-order valence-electron chi connectivity index (χ0n) is 10.0. The highest BCUT2D eigenvalue weighted by molar-refractivity contribution is 4.96. The molecule has 0 amide bonds. The molecule has 0 unspecified atom stereocenters. The van der Waals surface area contributed by atoms with Gasteiger partial charge in [0, 0.05) is 25.2 Å². The first-order chi connectivity index (χ1) is 7.10. The van der Waals surface area contributed by atoms with Crippen molar-refractivity contribution in [3.05, 3.63) is 0 Å². The summed E-state index contributed by atoms with van der Waals surface area (Å²) >= 11 is 0. The van der Waals surface area contributed by atoms with E-state index in [4.69, 9.17) is 10.5 Å². The summed E-state index contributed by atoms with van der Waals surface area (Å²) in [4.78, 5) is 0. The van der Waals surface area contributed by atoms with Crippen LogP contribution in [0.4, 0.5) is 0 Å². The summed E-state index contributed by atoms with van der Waals surface area (Å²) in [5.74, 6) is 0.267. The van der Waals surface area contributed by atoms with Crippen LogP contribution in [-0.4, -0.2) is 30.5 Å². The van der Waals surface area contributed by atoms with E-state index in [1.54, 1.807) is 7.11 Å². The highest BCUT2D eigenvalue weighted by atomic mass is 16.5. The van der Waals surface area contributed by atoms with Crippen molar-refractivity contribution in [1.29, 1.82) is 0 Å². The van der Waals surface area contributed by atoms with E-state index < -0.39 is 0 Å². The molecule has 3 nitrogen and oxygen atoms in total. The van der Waals surface area contributed by atoms with Gasteiger partial charge >= 0.3 is 0 Å². The molecular formula is C12H25NO2. The highest BCUT2D eigenvalue weighted by Crippen LogP contribution is 2.37. The van der Waals surface area contributed by atoms with Crippen molar-refractivity contribution >= 4 is 0 Å². The minimum absolute atomic E-state index is 0.162. The molecule has 0 radical (unpaired) electrons. The molecule has 0 aromatic heterocycles. The van der Waals surface area contributed by atoms with Gasteiger partial charge in [-0.3, -0.25) is 0 Å². The van der Waals surface area contributed by atoms with Gasteiger partial charge in [0.05, 0.1) is 6.10 Å². The molecule has 0 aromatic rings. The molecule has 1 saturated carbocycles. The zero-order chi connectivity index (χ0) is 11.3. The van der Waals surface area contributed by atoms with Crippen molar-refractivity contribution in [3.8, 4) is 0 Å². The summed E-state index contributed by atoms with van der Waals surface area (Å²) in [5, 5.41) is 9.76. The van der Waals surface area contributed by atoms with Gasteiger partial charge in [0.2, 0.25) is 0 Å². The predicted octanol–water partition coefficient (Wildman–Crippen LogP) is 1.68. The Morgan fingerprint density at radius 3 is 2.87 bits per heavy atom. The van der Waals surface area contributed by atoms with Gasteiger partial charge in [-0.1, -0.05) is 12.8 Å². The van der Waals surface area contributed by atoms with Gasteiger partial charge in [0.25, 0.3) is 0 Å². The molecule has 90 valence electrons. The lowest BCUT2D eigenvalue weighted by molar-refractivity contribution is 0.0353. The Bertz CT molecular complexity index is 184. The van der Waals surface area contributed by atoms with E-state index in [9.17, 15) is 5.11 Å². The van der Waals surface area contributed by atoms with Crippen LogP contribution in [0.25, 0.3) is 0 Å². The van der Waals surface area contributed by atoms with Gasteiger partial charge in [0.15, 0.2) is 0 Å². The second-order valence-electron chi connectivity index (χ2n) is 4.92. The van der Waals surface area contributed by atoms with Gasteiger partial charge in [-0.05, 0) is 32.6 Å². The van der Waals surface area contributed by atoms with Crippen molar-refractivity contribution in [3.63, 3.8) is 0 Å². The Hall–Kier alpha value is -0.120. The molecule has 1 fully saturated rings. The molecule has 0 heterocycles. The second-order valence-corrected chi connectivity index (χ2v) is 4.92. The lowest BCUT2D eigenvalue weighted by atomic mass is 9.69. The number of hydrogen-bond acceptors (Lipinski definition) is 3. The third kappa shape index (κ3) is 3.44. The number of methoxy groups -OCH3 is 1. The molecule has 1 rings (SSSR count). The summed E-state index contributed by atoms with van der Waals surface area (Å²) < 4.78 is 5.06. The maximum absolute atomic E-state index is 9.76. The molecule has 1 aliphatic carbocycles. The number of aliphatic hydroxyl groups is 1. The third-order valence-corrected chi connectivity index (χ3v) is 3.72. The smallest absolute Gasteiger partial charge is 0.0557 e. The largest absolute Gasteiger partial charge is 0.393 e. The number of hydrogen-bond donors (Lipinski definition) is 2. The zero-order valence-corrected chi connectivity index (χ0v) is 10.0. The van der Waals surface area contributed by atoms with Crippen LogP contribution in [0.15, 0.2) is 0 Å². The number of aliphatic hydroxyl groups excluding tert-OH is 1. The quantitative estimate of drug-likeness (QED) is 0.686. The first-order valence-electron chi connectivity index (χ1n) is 6.06. The average molecular weight is 215 g/mol. The Labute approximate surface area is 93.0 Å². The van der Waals surface area contributed by atoms with Gasteiger partial charge in [-0.25, -0.2) is 0 Å². The van der Waals surface area contributed by atoms with Crippen molar-refractivity contribution in [2.75, 3.05) is 13.7 Å². The summed E-state index contributed by atoms with van der Waals surface area (Å²) in [6.45, 7) is 2.64. The first kappa shape index (κ1) is 12.9. The first-order valence-corrected chi connectivity index (χ1v) is 6.06. The summed E-state index contributed by atoms with van der Waals surface area (Å²) in [6, 6.07) is 0. The Morgan fingerprint density at radius 2 is 2.27 bits per heavy atom. The number of ether oxygens (including phenoxy) is 1.